The minimum absolute atomic E-state index is 0.0516. The highest BCUT2D eigenvalue weighted by Crippen LogP contribution is 2.23. The van der Waals surface area contributed by atoms with Crippen molar-refractivity contribution in [2.45, 2.75) is 121 Å². The van der Waals surface area contributed by atoms with Crippen LogP contribution in [0, 0.1) is 0 Å². The molecule has 23 heavy (non-hydrogen) atoms. The Kier molecular flexibility index (Phi) is 12.8. The first kappa shape index (κ1) is 20.8. The first-order valence-corrected chi connectivity index (χ1v) is 10.5. The van der Waals surface area contributed by atoms with Crippen LogP contribution in [0.2, 0.25) is 0 Å². The van der Waals surface area contributed by atoms with Gasteiger partial charge in [0.15, 0.2) is 0 Å². The van der Waals surface area contributed by atoms with E-state index >= 15 is 0 Å². The molecule has 0 aromatic carbocycles. The van der Waals surface area contributed by atoms with E-state index in [4.69, 9.17) is 16.3 Å². The smallest absolute Gasteiger partial charge is 0.306 e. The van der Waals surface area contributed by atoms with Crippen LogP contribution in [0.1, 0.15) is 110 Å². The van der Waals surface area contributed by atoms with Crippen LogP contribution >= 0.6 is 11.6 Å². The van der Waals surface area contributed by atoms with E-state index in [1.165, 1.54) is 77.0 Å². The number of esters is 1. The monoisotopic (exact) mass is 344 g/mol. The maximum absolute atomic E-state index is 11.0. The van der Waals surface area contributed by atoms with Gasteiger partial charge in [0, 0.05) is 18.2 Å². The number of alkyl halides is 1. The summed E-state index contributed by atoms with van der Waals surface area (Å²) in [4.78, 5) is 11.0. The Balaban J connectivity index is 1.78. The molecule has 0 spiro atoms. The molecule has 2 unspecified atom stereocenters. The molecule has 0 N–H and O–H groups in total. The van der Waals surface area contributed by atoms with E-state index in [0.717, 1.165) is 19.3 Å². The van der Waals surface area contributed by atoms with E-state index in [-0.39, 0.29) is 17.5 Å². The molecule has 0 aromatic rings. The van der Waals surface area contributed by atoms with Crippen molar-refractivity contribution in [2.75, 3.05) is 0 Å². The summed E-state index contributed by atoms with van der Waals surface area (Å²) in [5.41, 5.74) is 0. The number of hydrogen-bond acceptors (Lipinski definition) is 2. The van der Waals surface area contributed by atoms with Crippen molar-refractivity contribution < 1.29 is 9.53 Å². The molecule has 1 saturated heterocycles. The summed E-state index contributed by atoms with van der Waals surface area (Å²) in [6.07, 6.45) is 19.9. The van der Waals surface area contributed by atoms with Gasteiger partial charge < -0.3 is 4.74 Å². The van der Waals surface area contributed by atoms with Gasteiger partial charge in [-0.2, -0.15) is 0 Å². The lowest BCUT2D eigenvalue weighted by Gasteiger charge is -2.13. The van der Waals surface area contributed by atoms with Crippen LogP contribution in [0.3, 0.4) is 0 Å². The first-order valence-electron chi connectivity index (χ1n) is 10.1. The van der Waals surface area contributed by atoms with Crippen molar-refractivity contribution in [2.24, 2.45) is 0 Å². The highest BCUT2D eigenvalue weighted by molar-refractivity contribution is 6.20. The summed E-state index contributed by atoms with van der Waals surface area (Å²) >= 11 is 6.35. The third-order valence-electron chi connectivity index (χ3n) is 4.86. The molecule has 0 saturated carbocycles. The molecule has 1 aliphatic rings. The fourth-order valence-electron chi connectivity index (χ4n) is 3.36. The molecule has 1 heterocycles. The van der Waals surface area contributed by atoms with Gasteiger partial charge in [0.1, 0.15) is 6.10 Å². The first-order chi connectivity index (χ1) is 11.2. The standard InChI is InChI=1S/C20H37ClO2/c1-2-3-4-5-6-7-8-9-10-11-12-13-14-18(21)17-19-15-16-20(22)23-19/h18-19H,2-17H2,1H3. The second kappa shape index (κ2) is 14.1. The maximum Gasteiger partial charge on any atom is 0.306 e. The molecule has 3 heteroatoms. The van der Waals surface area contributed by atoms with E-state index < -0.39 is 0 Å². The number of hydrogen-bond donors (Lipinski definition) is 0. The lowest BCUT2D eigenvalue weighted by atomic mass is 10.0. The summed E-state index contributed by atoms with van der Waals surface area (Å²) in [5, 5.41) is 0.175. The van der Waals surface area contributed by atoms with Gasteiger partial charge in [-0.15, -0.1) is 11.6 Å². The normalized spacial score (nSPS) is 19.0. The van der Waals surface area contributed by atoms with Crippen molar-refractivity contribution in [1.82, 2.24) is 0 Å². The van der Waals surface area contributed by atoms with E-state index in [9.17, 15) is 4.79 Å². The molecule has 0 bridgehead atoms. The van der Waals surface area contributed by atoms with Crippen molar-refractivity contribution in [3.05, 3.63) is 0 Å². The number of ether oxygens (including phenoxy) is 1. The molecule has 0 aromatic heterocycles. The van der Waals surface area contributed by atoms with E-state index in [0.29, 0.717) is 6.42 Å². The van der Waals surface area contributed by atoms with Crippen LogP contribution in [-0.2, 0) is 9.53 Å². The lowest BCUT2D eigenvalue weighted by molar-refractivity contribution is -0.141. The quantitative estimate of drug-likeness (QED) is 0.186. The highest BCUT2D eigenvalue weighted by Gasteiger charge is 2.25. The zero-order valence-corrected chi connectivity index (χ0v) is 15.9. The maximum atomic E-state index is 11.0. The fourth-order valence-corrected chi connectivity index (χ4v) is 3.71. The molecule has 1 aliphatic heterocycles. The molecule has 0 radical (unpaired) electrons. The Morgan fingerprint density at radius 1 is 0.957 bits per heavy atom. The second-order valence-electron chi connectivity index (χ2n) is 7.16. The molecular weight excluding hydrogens is 308 g/mol. The summed E-state index contributed by atoms with van der Waals surface area (Å²) in [6, 6.07) is 0. The van der Waals surface area contributed by atoms with Gasteiger partial charge in [-0.25, -0.2) is 0 Å². The molecule has 1 rings (SSSR count). The van der Waals surface area contributed by atoms with E-state index in [1.54, 1.807) is 0 Å². The fraction of sp³-hybridized carbons (Fsp3) is 0.950. The Morgan fingerprint density at radius 2 is 1.48 bits per heavy atom. The number of carbonyl (C=O) groups is 1. The van der Waals surface area contributed by atoms with Crippen LogP contribution in [-0.4, -0.2) is 17.5 Å². The molecule has 2 nitrogen and oxygen atoms in total. The summed E-state index contributed by atoms with van der Waals surface area (Å²) in [5.74, 6) is -0.0516. The van der Waals surface area contributed by atoms with Gasteiger partial charge in [-0.3, -0.25) is 4.79 Å². The molecule has 0 aliphatic carbocycles. The Labute approximate surface area is 148 Å². The third kappa shape index (κ3) is 11.9. The highest BCUT2D eigenvalue weighted by atomic mass is 35.5. The predicted molar refractivity (Wildman–Crippen MR) is 99.1 cm³/mol. The van der Waals surface area contributed by atoms with E-state index in [1.807, 2.05) is 0 Å². The van der Waals surface area contributed by atoms with Crippen LogP contribution in [0.4, 0.5) is 0 Å². The molecular formula is C20H37ClO2. The van der Waals surface area contributed by atoms with Crippen molar-refractivity contribution in [3.8, 4) is 0 Å². The lowest BCUT2D eigenvalue weighted by Crippen LogP contribution is -2.13. The van der Waals surface area contributed by atoms with Crippen molar-refractivity contribution >= 4 is 17.6 Å². The van der Waals surface area contributed by atoms with Crippen LogP contribution in [0.25, 0.3) is 0 Å². The predicted octanol–water partition coefficient (Wildman–Crippen LogP) is 6.78. The molecule has 2 atom stereocenters. The van der Waals surface area contributed by atoms with Gasteiger partial charge in [0.05, 0.1) is 0 Å². The van der Waals surface area contributed by atoms with Gasteiger partial charge >= 0.3 is 5.97 Å². The SMILES string of the molecule is CCCCCCCCCCCCCCC(Cl)CC1CCC(=O)O1. The Bertz CT molecular complexity index is 293. The number of cyclic esters (lactones) is 1. The van der Waals surface area contributed by atoms with Crippen LogP contribution in [0.5, 0.6) is 0 Å². The van der Waals surface area contributed by atoms with Gasteiger partial charge in [0.2, 0.25) is 0 Å². The summed E-state index contributed by atoms with van der Waals surface area (Å²) in [6.45, 7) is 2.27. The zero-order chi connectivity index (χ0) is 16.8. The average molecular weight is 345 g/mol. The molecule has 136 valence electrons. The van der Waals surface area contributed by atoms with Gasteiger partial charge in [-0.1, -0.05) is 84.0 Å². The zero-order valence-electron chi connectivity index (χ0n) is 15.2. The summed E-state index contributed by atoms with van der Waals surface area (Å²) < 4.78 is 5.22. The van der Waals surface area contributed by atoms with Crippen molar-refractivity contribution in [3.63, 3.8) is 0 Å². The number of rotatable bonds is 15. The average Bonchev–Trinajstić information content (AvgIpc) is 2.93. The number of halogens is 1. The molecule has 1 fully saturated rings. The second-order valence-corrected chi connectivity index (χ2v) is 7.78. The summed E-state index contributed by atoms with van der Waals surface area (Å²) in [7, 11) is 0. The minimum atomic E-state index is -0.0516. The third-order valence-corrected chi connectivity index (χ3v) is 5.25. The molecule has 0 amide bonds. The van der Waals surface area contributed by atoms with Gasteiger partial charge in [0.25, 0.3) is 0 Å². The largest absolute Gasteiger partial charge is 0.462 e. The Morgan fingerprint density at radius 3 is 1.96 bits per heavy atom. The number of carbonyl (C=O) groups excluding carboxylic acids is 1. The van der Waals surface area contributed by atoms with Crippen LogP contribution < -0.4 is 0 Å². The van der Waals surface area contributed by atoms with E-state index in [2.05, 4.69) is 6.92 Å². The number of unbranched alkanes of at least 4 members (excludes halogenated alkanes) is 11. The van der Waals surface area contributed by atoms with Gasteiger partial charge in [-0.05, 0) is 12.8 Å². The van der Waals surface area contributed by atoms with Crippen molar-refractivity contribution in [1.29, 1.82) is 0 Å². The topological polar surface area (TPSA) is 26.3 Å². The minimum Gasteiger partial charge on any atom is -0.462 e. The van der Waals surface area contributed by atoms with Crippen LogP contribution in [0.15, 0.2) is 0 Å². The Hall–Kier alpha value is -0.240.